The lowest BCUT2D eigenvalue weighted by Crippen LogP contribution is -2.01. The van der Waals surface area contributed by atoms with Crippen LogP contribution in [0.1, 0.15) is 35.8 Å². The molecule has 0 aliphatic heterocycles. The number of nitrogens with zero attached hydrogens (tertiary/aromatic N) is 1. The number of aryl methyl sites for hydroxylation is 1. The number of thiazole rings is 1. The van der Waals surface area contributed by atoms with Crippen LogP contribution in [0.5, 0.6) is 0 Å². The zero-order valence-corrected chi connectivity index (χ0v) is 10.1. The van der Waals surface area contributed by atoms with Crippen LogP contribution in [0.15, 0.2) is 5.38 Å². The first kappa shape index (κ1) is 10.2. The molecule has 0 radical (unpaired) electrons. The monoisotopic (exact) mass is 247 g/mol. The lowest BCUT2D eigenvalue weighted by atomic mass is 10.1. The van der Waals surface area contributed by atoms with Crippen molar-refractivity contribution < 1.29 is 0 Å². The minimum atomic E-state index is 0.432. The number of rotatable bonds is 3. The van der Waals surface area contributed by atoms with Crippen LogP contribution in [0, 0.1) is 12.8 Å². The molecule has 2 unspecified atom stereocenters. The molecular weight excluding hydrogens is 234 g/mol. The molecule has 0 saturated carbocycles. The molecule has 3 heteroatoms. The Bertz CT molecular complexity index is 246. The molecule has 0 spiro atoms. The first-order valence-electron chi connectivity index (χ1n) is 4.21. The second kappa shape index (κ2) is 4.38. The maximum Gasteiger partial charge on any atom is 0.107 e. The SMILES string of the molecule is CCC(C)C(Br)c1nc(C)cs1. The van der Waals surface area contributed by atoms with Crippen molar-refractivity contribution in [1.82, 2.24) is 4.98 Å². The molecule has 1 aromatic heterocycles. The van der Waals surface area contributed by atoms with Gasteiger partial charge in [0.2, 0.25) is 0 Å². The Labute approximate surface area is 86.3 Å². The summed E-state index contributed by atoms with van der Waals surface area (Å²) in [6, 6.07) is 0. The van der Waals surface area contributed by atoms with Crippen LogP contribution in [0.3, 0.4) is 0 Å². The highest BCUT2D eigenvalue weighted by Crippen LogP contribution is 2.34. The summed E-state index contributed by atoms with van der Waals surface area (Å²) in [5.74, 6) is 0.663. The third kappa shape index (κ3) is 2.30. The fraction of sp³-hybridized carbons (Fsp3) is 0.667. The molecule has 0 amide bonds. The largest absolute Gasteiger partial charge is 0.245 e. The first-order valence-corrected chi connectivity index (χ1v) is 6.00. The molecule has 1 heterocycles. The second-order valence-electron chi connectivity index (χ2n) is 3.11. The van der Waals surface area contributed by atoms with Gasteiger partial charge >= 0.3 is 0 Å². The van der Waals surface area contributed by atoms with Crippen molar-refractivity contribution in [3.63, 3.8) is 0 Å². The van der Waals surface area contributed by atoms with Gasteiger partial charge in [-0.15, -0.1) is 11.3 Å². The topological polar surface area (TPSA) is 12.9 Å². The molecule has 0 N–H and O–H groups in total. The van der Waals surface area contributed by atoms with Crippen molar-refractivity contribution in [2.45, 2.75) is 32.0 Å². The van der Waals surface area contributed by atoms with Gasteiger partial charge in [0.15, 0.2) is 0 Å². The van der Waals surface area contributed by atoms with Gasteiger partial charge in [-0.3, -0.25) is 0 Å². The predicted molar refractivity (Wildman–Crippen MR) is 58.0 cm³/mol. The van der Waals surface area contributed by atoms with E-state index >= 15 is 0 Å². The number of hydrogen-bond acceptors (Lipinski definition) is 2. The van der Waals surface area contributed by atoms with Crippen LogP contribution < -0.4 is 0 Å². The molecule has 0 aliphatic rings. The van der Waals surface area contributed by atoms with Crippen LogP contribution in [-0.2, 0) is 0 Å². The molecular formula is C9H14BrNS. The summed E-state index contributed by atoms with van der Waals surface area (Å²) in [5.41, 5.74) is 1.13. The van der Waals surface area contributed by atoms with Gasteiger partial charge in [-0.25, -0.2) is 4.98 Å². The van der Waals surface area contributed by atoms with E-state index in [-0.39, 0.29) is 0 Å². The Kier molecular flexibility index (Phi) is 3.72. The predicted octanol–water partition coefficient (Wildman–Crippen LogP) is 3.93. The third-order valence-electron chi connectivity index (χ3n) is 2.02. The summed E-state index contributed by atoms with van der Waals surface area (Å²) < 4.78 is 0. The molecule has 0 fully saturated rings. The van der Waals surface area contributed by atoms with Crippen LogP contribution in [-0.4, -0.2) is 4.98 Å². The molecule has 0 aliphatic carbocycles. The summed E-state index contributed by atoms with van der Waals surface area (Å²) in [6.07, 6.45) is 1.19. The molecule has 0 aromatic carbocycles. The fourth-order valence-electron chi connectivity index (χ4n) is 0.949. The van der Waals surface area contributed by atoms with E-state index in [1.165, 1.54) is 11.4 Å². The van der Waals surface area contributed by atoms with Crippen molar-refractivity contribution >= 4 is 27.3 Å². The van der Waals surface area contributed by atoms with Gasteiger partial charge in [0.05, 0.1) is 4.83 Å². The summed E-state index contributed by atoms with van der Waals surface area (Å²) >= 11 is 5.42. The summed E-state index contributed by atoms with van der Waals surface area (Å²) in [5, 5.41) is 3.31. The molecule has 2 atom stereocenters. The van der Waals surface area contributed by atoms with E-state index in [4.69, 9.17) is 0 Å². The van der Waals surface area contributed by atoms with Gasteiger partial charge in [-0.05, 0) is 12.8 Å². The highest BCUT2D eigenvalue weighted by atomic mass is 79.9. The molecule has 1 rings (SSSR count). The average Bonchev–Trinajstić information content (AvgIpc) is 2.49. The van der Waals surface area contributed by atoms with Gasteiger partial charge in [-0.1, -0.05) is 36.2 Å². The van der Waals surface area contributed by atoms with E-state index in [1.807, 2.05) is 6.92 Å². The molecule has 1 nitrogen and oxygen atoms in total. The van der Waals surface area contributed by atoms with Crippen LogP contribution in [0.2, 0.25) is 0 Å². The van der Waals surface area contributed by atoms with Gasteiger partial charge in [0, 0.05) is 11.1 Å². The Morgan fingerprint density at radius 3 is 2.75 bits per heavy atom. The van der Waals surface area contributed by atoms with Crippen LogP contribution >= 0.6 is 27.3 Å². The maximum absolute atomic E-state index is 4.45. The van der Waals surface area contributed by atoms with E-state index in [2.05, 4.69) is 40.1 Å². The number of alkyl halides is 1. The molecule has 0 saturated heterocycles. The first-order chi connectivity index (χ1) is 5.65. The van der Waals surface area contributed by atoms with Crippen molar-refractivity contribution in [2.75, 3.05) is 0 Å². The third-order valence-corrected chi connectivity index (χ3v) is 4.70. The molecule has 0 bridgehead atoms. The average molecular weight is 248 g/mol. The van der Waals surface area contributed by atoms with Crippen LogP contribution in [0.4, 0.5) is 0 Å². The summed E-state index contributed by atoms with van der Waals surface area (Å²) in [4.78, 5) is 4.88. The second-order valence-corrected chi connectivity index (χ2v) is 4.99. The van der Waals surface area contributed by atoms with Gasteiger partial charge < -0.3 is 0 Å². The van der Waals surface area contributed by atoms with Crippen molar-refractivity contribution in [2.24, 2.45) is 5.92 Å². The normalized spacial score (nSPS) is 16.0. The number of aromatic nitrogens is 1. The molecule has 12 heavy (non-hydrogen) atoms. The fourth-order valence-corrected chi connectivity index (χ4v) is 2.65. The smallest absolute Gasteiger partial charge is 0.107 e. The molecule has 1 aromatic rings. The number of halogens is 1. The van der Waals surface area contributed by atoms with E-state index in [9.17, 15) is 0 Å². The van der Waals surface area contributed by atoms with E-state index < -0.39 is 0 Å². The Morgan fingerprint density at radius 2 is 2.33 bits per heavy atom. The molecule has 68 valence electrons. The van der Waals surface area contributed by atoms with E-state index in [1.54, 1.807) is 11.3 Å². The van der Waals surface area contributed by atoms with Gasteiger partial charge in [0.25, 0.3) is 0 Å². The number of hydrogen-bond donors (Lipinski definition) is 0. The minimum absolute atomic E-state index is 0.432. The zero-order valence-electron chi connectivity index (χ0n) is 7.67. The van der Waals surface area contributed by atoms with Crippen molar-refractivity contribution in [3.8, 4) is 0 Å². The lowest BCUT2D eigenvalue weighted by molar-refractivity contribution is 0.553. The highest BCUT2D eigenvalue weighted by Gasteiger charge is 2.16. The van der Waals surface area contributed by atoms with E-state index in [0.717, 1.165) is 5.69 Å². The van der Waals surface area contributed by atoms with Crippen molar-refractivity contribution in [1.29, 1.82) is 0 Å². The maximum atomic E-state index is 4.45. The quantitative estimate of drug-likeness (QED) is 0.738. The lowest BCUT2D eigenvalue weighted by Gasteiger charge is -2.13. The van der Waals surface area contributed by atoms with Crippen molar-refractivity contribution in [3.05, 3.63) is 16.1 Å². The Balaban J connectivity index is 2.70. The Hall–Kier alpha value is 0.110. The minimum Gasteiger partial charge on any atom is -0.245 e. The van der Waals surface area contributed by atoms with Gasteiger partial charge in [-0.2, -0.15) is 0 Å². The summed E-state index contributed by atoms with van der Waals surface area (Å²) in [6.45, 7) is 6.49. The standard InChI is InChI=1S/C9H14BrNS/c1-4-6(2)8(10)9-11-7(3)5-12-9/h5-6,8H,4H2,1-3H3. The van der Waals surface area contributed by atoms with Gasteiger partial charge in [0.1, 0.15) is 5.01 Å². The van der Waals surface area contributed by atoms with Crippen LogP contribution in [0.25, 0.3) is 0 Å². The highest BCUT2D eigenvalue weighted by molar-refractivity contribution is 9.09. The summed E-state index contributed by atoms with van der Waals surface area (Å²) in [7, 11) is 0. The van der Waals surface area contributed by atoms with E-state index in [0.29, 0.717) is 10.7 Å². The Morgan fingerprint density at radius 1 is 1.67 bits per heavy atom. The zero-order chi connectivity index (χ0) is 9.14.